The largest absolute Gasteiger partial charge is 0.508 e. The summed E-state index contributed by atoms with van der Waals surface area (Å²) >= 11 is 0. The van der Waals surface area contributed by atoms with Crippen molar-refractivity contribution in [1.29, 1.82) is 0 Å². The number of benzene rings is 2. The number of nitrogens with two attached hydrogens (primary N) is 1. The number of hydrogen-bond donors (Lipinski definition) is 3. The van der Waals surface area contributed by atoms with Crippen LogP contribution in [0.4, 0.5) is 0 Å². The van der Waals surface area contributed by atoms with E-state index in [0.29, 0.717) is 11.5 Å². The second kappa shape index (κ2) is 20.5. The summed E-state index contributed by atoms with van der Waals surface area (Å²) in [5.74, 6) is 0.700. The Labute approximate surface area is 233 Å². The predicted octanol–water partition coefficient (Wildman–Crippen LogP) is 9.24. The fourth-order valence-corrected chi connectivity index (χ4v) is 3.95. The van der Waals surface area contributed by atoms with E-state index in [2.05, 4.69) is 48.5 Å². The van der Waals surface area contributed by atoms with Gasteiger partial charge in [-0.2, -0.15) is 0 Å². The first-order valence-corrected chi connectivity index (χ1v) is 13.8. The molecule has 4 N–H and O–H groups in total. The Morgan fingerprint density at radius 2 is 0.861 bits per heavy atom. The van der Waals surface area contributed by atoms with Gasteiger partial charge in [-0.1, -0.05) is 118 Å². The van der Waals surface area contributed by atoms with Gasteiger partial charge >= 0.3 is 0 Å². The molecule has 0 aliphatic carbocycles. The predicted molar refractivity (Wildman–Crippen MR) is 155 cm³/mol. The molecule has 36 heavy (non-hydrogen) atoms. The summed E-state index contributed by atoms with van der Waals surface area (Å²) in [5.41, 5.74) is 8.22. The van der Waals surface area contributed by atoms with Crippen molar-refractivity contribution in [3.05, 3.63) is 59.7 Å². The number of aromatic hydroxyl groups is 2. The second-order valence-electron chi connectivity index (χ2n) is 10.9. The van der Waals surface area contributed by atoms with E-state index in [1.54, 1.807) is 24.3 Å². The zero-order chi connectivity index (χ0) is 26.7. The van der Waals surface area contributed by atoms with E-state index >= 15 is 0 Å². The molecular weight excluding hydrogens is 489 g/mol. The number of phenols is 2. The van der Waals surface area contributed by atoms with Gasteiger partial charge in [-0.25, -0.2) is 0 Å². The van der Waals surface area contributed by atoms with Crippen LogP contribution in [0.1, 0.15) is 124 Å². The molecule has 0 saturated carbocycles. The molecule has 2 rings (SSSR count). The van der Waals surface area contributed by atoms with Crippen molar-refractivity contribution < 1.29 is 26.7 Å². The third-order valence-corrected chi connectivity index (χ3v) is 6.67. The molecule has 0 aliphatic rings. The molecule has 0 unspecified atom stereocenters. The second-order valence-corrected chi connectivity index (χ2v) is 10.9. The SMILES string of the molecule is CCCCCC(C)(C)c1ccc(O)cc1.CCCCCC(C)(C)c1ccc(O)cc1.CCCCN.[Ni]. The van der Waals surface area contributed by atoms with Crippen LogP contribution in [0.25, 0.3) is 0 Å². The summed E-state index contributed by atoms with van der Waals surface area (Å²) < 4.78 is 0. The number of unbranched alkanes of at least 4 members (excludes halogenated alkanes) is 5. The van der Waals surface area contributed by atoms with Crippen LogP contribution in [0.2, 0.25) is 0 Å². The summed E-state index contributed by atoms with van der Waals surface area (Å²) in [7, 11) is 0. The summed E-state index contributed by atoms with van der Waals surface area (Å²) in [6, 6.07) is 15.2. The third kappa shape index (κ3) is 16.3. The standard InChI is InChI=1S/2C14H22O.C4H11N.Ni/c2*1-4-5-6-11-14(2,3)12-7-9-13(15)10-8-12;1-2-3-4-5;/h2*7-10,15H,4-6,11H2,1-3H3;2-5H2,1H3;. The monoisotopic (exact) mass is 543 g/mol. The van der Waals surface area contributed by atoms with Gasteiger partial charge < -0.3 is 15.9 Å². The molecule has 0 saturated heterocycles. The average molecular weight is 544 g/mol. The van der Waals surface area contributed by atoms with Gasteiger partial charge in [0.2, 0.25) is 0 Å². The maximum Gasteiger partial charge on any atom is 0.115 e. The van der Waals surface area contributed by atoms with Crippen LogP contribution in [-0.2, 0) is 27.3 Å². The Morgan fingerprint density at radius 1 is 0.556 bits per heavy atom. The fraction of sp³-hybridized carbons (Fsp3) is 0.625. The molecule has 0 atom stereocenters. The van der Waals surface area contributed by atoms with E-state index in [1.165, 1.54) is 75.3 Å². The van der Waals surface area contributed by atoms with Gasteiger partial charge in [-0.15, -0.1) is 0 Å². The topological polar surface area (TPSA) is 66.5 Å². The third-order valence-electron chi connectivity index (χ3n) is 6.67. The summed E-state index contributed by atoms with van der Waals surface area (Å²) in [5, 5.41) is 18.5. The number of hydrogen-bond acceptors (Lipinski definition) is 3. The molecular formula is C32H55NNiO2. The molecule has 210 valence electrons. The minimum atomic E-state index is 0. The maximum atomic E-state index is 9.24. The number of rotatable bonds is 12. The van der Waals surface area contributed by atoms with E-state index < -0.39 is 0 Å². The van der Waals surface area contributed by atoms with Gasteiger partial charge in [0.15, 0.2) is 0 Å². The Kier molecular flexibility index (Phi) is 20.9. The molecule has 3 nitrogen and oxygen atoms in total. The van der Waals surface area contributed by atoms with E-state index in [4.69, 9.17) is 5.73 Å². The van der Waals surface area contributed by atoms with E-state index in [-0.39, 0.29) is 27.3 Å². The Hall–Kier alpha value is -1.51. The average Bonchev–Trinajstić information content (AvgIpc) is 2.81. The van der Waals surface area contributed by atoms with Crippen LogP contribution >= 0.6 is 0 Å². The van der Waals surface area contributed by atoms with Crippen LogP contribution in [0, 0.1) is 0 Å². The summed E-state index contributed by atoms with van der Waals surface area (Å²) in [6.07, 6.45) is 12.5. The number of phenolic OH excluding ortho intramolecular Hbond substituents is 2. The van der Waals surface area contributed by atoms with Crippen molar-refractivity contribution in [1.82, 2.24) is 0 Å². The van der Waals surface area contributed by atoms with Gasteiger partial charge in [-0.3, -0.25) is 0 Å². The Bertz CT molecular complexity index is 689. The molecule has 2 aromatic rings. The molecule has 4 heteroatoms. The molecule has 0 aromatic heterocycles. The minimum Gasteiger partial charge on any atom is -0.508 e. The molecule has 0 bridgehead atoms. The zero-order valence-electron chi connectivity index (χ0n) is 24.2. The molecule has 0 fully saturated rings. The van der Waals surface area contributed by atoms with Crippen LogP contribution in [-0.4, -0.2) is 16.8 Å². The smallest absolute Gasteiger partial charge is 0.115 e. The molecule has 2 aromatic carbocycles. The van der Waals surface area contributed by atoms with E-state index in [0.717, 1.165) is 6.54 Å². The summed E-state index contributed by atoms with van der Waals surface area (Å²) in [6.45, 7) is 16.5. The van der Waals surface area contributed by atoms with Gasteiger partial charge in [0.1, 0.15) is 11.5 Å². The quantitative estimate of drug-likeness (QED) is 0.184. The molecule has 0 aliphatic heterocycles. The van der Waals surface area contributed by atoms with Crippen molar-refractivity contribution >= 4 is 0 Å². The van der Waals surface area contributed by atoms with Crippen molar-refractivity contribution in [2.45, 2.75) is 124 Å². The van der Waals surface area contributed by atoms with E-state index in [1.807, 2.05) is 24.3 Å². The van der Waals surface area contributed by atoms with E-state index in [9.17, 15) is 10.2 Å². The van der Waals surface area contributed by atoms with Crippen LogP contribution in [0.15, 0.2) is 48.5 Å². The molecule has 0 spiro atoms. The van der Waals surface area contributed by atoms with Gasteiger partial charge in [0.25, 0.3) is 0 Å². The minimum absolute atomic E-state index is 0. The van der Waals surface area contributed by atoms with Crippen LogP contribution in [0.5, 0.6) is 11.5 Å². The normalized spacial score (nSPS) is 10.9. The zero-order valence-corrected chi connectivity index (χ0v) is 25.2. The first kappa shape index (κ1) is 36.6. The Morgan fingerprint density at radius 3 is 1.08 bits per heavy atom. The van der Waals surface area contributed by atoms with Crippen molar-refractivity contribution in [3.8, 4) is 11.5 Å². The van der Waals surface area contributed by atoms with Crippen molar-refractivity contribution in [3.63, 3.8) is 0 Å². The summed E-state index contributed by atoms with van der Waals surface area (Å²) in [4.78, 5) is 0. The molecule has 0 amide bonds. The van der Waals surface area contributed by atoms with Crippen molar-refractivity contribution in [2.24, 2.45) is 5.73 Å². The fourth-order valence-electron chi connectivity index (χ4n) is 3.95. The molecule has 0 radical (unpaired) electrons. The van der Waals surface area contributed by atoms with Crippen LogP contribution < -0.4 is 5.73 Å². The van der Waals surface area contributed by atoms with Gasteiger partial charge in [0, 0.05) is 16.5 Å². The molecule has 0 heterocycles. The van der Waals surface area contributed by atoms with Crippen LogP contribution in [0.3, 0.4) is 0 Å². The maximum absolute atomic E-state index is 9.24. The van der Waals surface area contributed by atoms with Gasteiger partial charge in [0.05, 0.1) is 0 Å². The van der Waals surface area contributed by atoms with Gasteiger partial charge in [-0.05, 0) is 72.0 Å². The Balaban J connectivity index is 0. The first-order chi connectivity index (χ1) is 16.5. The first-order valence-electron chi connectivity index (χ1n) is 13.8. The van der Waals surface area contributed by atoms with Crippen molar-refractivity contribution in [2.75, 3.05) is 6.54 Å².